The maximum Gasteiger partial charge on any atom is 0.243 e. The van der Waals surface area contributed by atoms with Crippen molar-refractivity contribution in [2.24, 2.45) is 0 Å². The van der Waals surface area contributed by atoms with E-state index < -0.39 is 15.9 Å². The number of carbonyl (C=O) groups is 1. The molecule has 5 nitrogen and oxygen atoms in total. The molecule has 3 aromatic carbocycles. The summed E-state index contributed by atoms with van der Waals surface area (Å²) in [6.45, 7) is 1.53. The Morgan fingerprint density at radius 3 is 2.26 bits per heavy atom. The van der Waals surface area contributed by atoms with Gasteiger partial charge in [0.1, 0.15) is 0 Å². The first kappa shape index (κ1) is 23.6. The molecule has 0 spiro atoms. The van der Waals surface area contributed by atoms with Crippen LogP contribution in [-0.4, -0.2) is 25.2 Å². The fraction of sp³-hybridized carbons (Fsp3) is 0.136. The Balaban J connectivity index is 1.89. The predicted molar refractivity (Wildman–Crippen MR) is 125 cm³/mol. The third-order valence-electron chi connectivity index (χ3n) is 4.58. The van der Waals surface area contributed by atoms with E-state index in [9.17, 15) is 13.2 Å². The van der Waals surface area contributed by atoms with Crippen LogP contribution >= 0.6 is 34.8 Å². The number of rotatable bonds is 7. The summed E-state index contributed by atoms with van der Waals surface area (Å²) < 4.78 is 27.8. The molecule has 0 saturated carbocycles. The van der Waals surface area contributed by atoms with Gasteiger partial charge in [0.15, 0.2) is 0 Å². The van der Waals surface area contributed by atoms with Crippen LogP contribution in [0.1, 0.15) is 11.1 Å². The number of anilines is 1. The average molecular weight is 498 g/mol. The smallest absolute Gasteiger partial charge is 0.243 e. The third-order valence-corrected chi connectivity index (χ3v) is 7.38. The molecule has 1 amide bonds. The van der Waals surface area contributed by atoms with Crippen LogP contribution in [0.3, 0.4) is 0 Å². The lowest BCUT2D eigenvalue weighted by atomic mass is 10.1. The molecular formula is C22H19Cl3N2O3S. The number of hydrogen-bond donors (Lipinski definition) is 1. The minimum Gasteiger partial charge on any atom is -0.325 e. The van der Waals surface area contributed by atoms with E-state index in [2.05, 4.69) is 5.32 Å². The highest BCUT2D eigenvalue weighted by molar-refractivity contribution is 7.89. The minimum absolute atomic E-state index is 0.0342. The number of benzene rings is 3. The Bertz CT molecular complexity index is 1200. The summed E-state index contributed by atoms with van der Waals surface area (Å²) in [4.78, 5) is 12.8. The van der Waals surface area contributed by atoms with Gasteiger partial charge in [0.05, 0.1) is 21.5 Å². The predicted octanol–water partition coefficient (Wildman–Crippen LogP) is 5.78. The molecule has 31 heavy (non-hydrogen) atoms. The highest BCUT2D eigenvalue weighted by Crippen LogP contribution is 2.26. The van der Waals surface area contributed by atoms with E-state index >= 15 is 0 Å². The average Bonchev–Trinajstić information content (AvgIpc) is 2.72. The minimum atomic E-state index is -3.97. The molecule has 9 heteroatoms. The molecule has 0 aliphatic heterocycles. The van der Waals surface area contributed by atoms with Crippen molar-refractivity contribution < 1.29 is 13.2 Å². The lowest BCUT2D eigenvalue weighted by Gasteiger charge is -2.23. The van der Waals surface area contributed by atoms with E-state index in [0.29, 0.717) is 15.7 Å². The van der Waals surface area contributed by atoms with Gasteiger partial charge in [0.25, 0.3) is 0 Å². The van der Waals surface area contributed by atoms with Gasteiger partial charge in [-0.15, -0.1) is 0 Å². The van der Waals surface area contributed by atoms with Crippen molar-refractivity contribution in [2.45, 2.75) is 18.4 Å². The number of amides is 1. The van der Waals surface area contributed by atoms with Crippen LogP contribution in [0.15, 0.2) is 71.6 Å². The number of hydrogen-bond acceptors (Lipinski definition) is 3. The number of nitrogens with one attached hydrogen (secondary N) is 1. The van der Waals surface area contributed by atoms with Crippen molar-refractivity contribution >= 4 is 56.4 Å². The largest absolute Gasteiger partial charge is 0.325 e. The van der Waals surface area contributed by atoms with E-state index in [1.54, 1.807) is 12.1 Å². The van der Waals surface area contributed by atoms with Gasteiger partial charge in [-0.1, -0.05) is 59.1 Å². The lowest BCUT2D eigenvalue weighted by molar-refractivity contribution is -0.116. The zero-order valence-electron chi connectivity index (χ0n) is 16.5. The quantitative estimate of drug-likeness (QED) is 0.449. The lowest BCUT2D eigenvalue weighted by Crippen LogP contribution is -2.37. The Morgan fingerprint density at radius 2 is 1.61 bits per heavy atom. The van der Waals surface area contributed by atoms with Gasteiger partial charge in [-0.05, 0) is 60.5 Å². The van der Waals surface area contributed by atoms with Crippen LogP contribution in [0.25, 0.3) is 0 Å². The maximum absolute atomic E-state index is 13.3. The van der Waals surface area contributed by atoms with E-state index in [-0.39, 0.29) is 23.0 Å². The molecule has 1 N–H and O–H groups in total. The van der Waals surface area contributed by atoms with Crippen molar-refractivity contribution in [3.05, 3.63) is 92.9 Å². The fourth-order valence-corrected chi connectivity index (χ4v) is 4.69. The fourth-order valence-electron chi connectivity index (χ4n) is 2.89. The molecule has 0 radical (unpaired) electrons. The SMILES string of the molecule is Cc1ccccc1CN(CC(=O)Nc1ccc(Cl)c(Cl)c1)S(=O)(=O)c1ccc(Cl)cc1. The molecule has 0 aromatic heterocycles. The van der Waals surface area contributed by atoms with Crippen LogP contribution in [0.5, 0.6) is 0 Å². The van der Waals surface area contributed by atoms with Crippen molar-refractivity contribution in [3.8, 4) is 0 Å². The normalized spacial score (nSPS) is 11.5. The van der Waals surface area contributed by atoms with Gasteiger partial charge < -0.3 is 5.32 Å². The van der Waals surface area contributed by atoms with Crippen LogP contribution in [0.2, 0.25) is 15.1 Å². The number of sulfonamides is 1. The van der Waals surface area contributed by atoms with Crippen molar-refractivity contribution in [1.29, 1.82) is 0 Å². The van der Waals surface area contributed by atoms with E-state index in [1.165, 1.54) is 30.3 Å². The molecule has 162 valence electrons. The Morgan fingerprint density at radius 1 is 0.935 bits per heavy atom. The number of carbonyl (C=O) groups excluding carboxylic acids is 1. The van der Waals surface area contributed by atoms with Crippen molar-refractivity contribution in [2.75, 3.05) is 11.9 Å². The molecule has 0 fully saturated rings. The number of aryl methyl sites for hydroxylation is 1. The Labute approximate surface area is 196 Å². The van der Waals surface area contributed by atoms with Gasteiger partial charge >= 0.3 is 0 Å². The molecular weight excluding hydrogens is 479 g/mol. The van der Waals surface area contributed by atoms with Gasteiger partial charge in [-0.3, -0.25) is 4.79 Å². The molecule has 0 heterocycles. The van der Waals surface area contributed by atoms with Crippen LogP contribution < -0.4 is 5.32 Å². The van der Waals surface area contributed by atoms with E-state index in [1.807, 2.05) is 31.2 Å². The second kappa shape index (κ2) is 10.0. The monoisotopic (exact) mass is 496 g/mol. The summed E-state index contributed by atoms with van der Waals surface area (Å²) in [5.74, 6) is -0.510. The van der Waals surface area contributed by atoms with Crippen molar-refractivity contribution in [3.63, 3.8) is 0 Å². The summed E-state index contributed by atoms with van der Waals surface area (Å²) in [5, 5.41) is 3.72. The summed E-state index contributed by atoms with van der Waals surface area (Å²) >= 11 is 17.8. The first-order valence-corrected chi connectivity index (χ1v) is 11.8. The molecule has 3 rings (SSSR count). The molecule has 0 unspecified atom stereocenters. The Kier molecular flexibility index (Phi) is 7.62. The summed E-state index contributed by atoms with van der Waals surface area (Å²) in [7, 11) is -3.97. The topological polar surface area (TPSA) is 66.5 Å². The maximum atomic E-state index is 13.3. The standard InChI is InChI=1S/C22H19Cl3N2O3S/c1-15-4-2-3-5-16(15)13-27(31(29,30)19-9-6-17(23)7-10-19)14-22(28)26-18-8-11-20(24)21(25)12-18/h2-12H,13-14H2,1H3,(H,26,28). The zero-order chi connectivity index (χ0) is 22.6. The molecule has 0 aliphatic rings. The van der Waals surface area contributed by atoms with Crippen LogP contribution in [0.4, 0.5) is 5.69 Å². The van der Waals surface area contributed by atoms with E-state index in [0.717, 1.165) is 15.4 Å². The van der Waals surface area contributed by atoms with E-state index in [4.69, 9.17) is 34.8 Å². The zero-order valence-corrected chi connectivity index (χ0v) is 19.6. The highest BCUT2D eigenvalue weighted by Gasteiger charge is 2.27. The highest BCUT2D eigenvalue weighted by atomic mass is 35.5. The second-order valence-corrected chi connectivity index (χ2v) is 10.0. The molecule has 0 bridgehead atoms. The van der Waals surface area contributed by atoms with Gasteiger partial charge in [0, 0.05) is 17.3 Å². The first-order valence-electron chi connectivity index (χ1n) is 9.22. The number of halogens is 3. The summed E-state index contributed by atoms with van der Waals surface area (Å²) in [6.07, 6.45) is 0. The first-order chi connectivity index (χ1) is 14.7. The van der Waals surface area contributed by atoms with Gasteiger partial charge in [0.2, 0.25) is 15.9 Å². The summed E-state index contributed by atoms with van der Waals surface area (Å²) in [6, 6.07) is 17.9. The second-order valence-electron chi connectivity index (χ2n) is 6.83. The van der Waals surface area contributed by atoms with Crippen LogP contribution in [-0.2, 0) is 21.4 Å². The van der Waals surface area contributed by atoms with Gasteiger partial charge in [-0.25, -0.2) is 8.42 Å². The van der Waals surface area contributed by atoms with Crippen LogP contribution in [0, 0.1) is 6.92 Å². The third kappa shape index (κ3) is 5.99. The molecule has 0 saturated heterocycles. The van der Waals surface area contributed by atoms with Crippen molar-refractivity contribution in [1.82, 2.24) is 4.31 Å². The molecule has 0 aliphatic carbocycles. The Hall–Kier alpha value is -2.09. The summed E-state index contributed by atoms with van der Waals surface area (Å²) in [5.41, 5.74) is 2.13. The molecule has 3 aromatic rings. The molecule has 0 atom stereocenters. The van der Waals surface area contributed by atoms with Gasteiger partial charge in [-0.2, -0.15) is 4.31 Å². The number of nitrogens with zero attached hydrogens (tertiary/aromatic N) is 1.